The highest BCUT2D eigenvalue weighted by molar-refractivity contribution is 5.85. The second-order valence-corrected chi connectivity index (χ2v) is 7.54. The third-order valence-electron chi connectivity index (χ3n) is 5.16. The first kappa shape index (κ1) is 21.9. The zero-order chi connectivity index (χ0) is 20.7. The lowest BCUT2D eigenvalue weighted by Gasteiger charge is -2.26. The van der Waals surface area contributed by atoms with E-state index < -0.39 is 0 Å². The molecule has 0 aromatic heterocycles. The van der Waals surface area contributed by atoms with E-state index in [0.717, 1.165) is 35.7 Å². The van der Waals surface area contributed by atoms with Crippen molar-refractivity contribution in [2.24, 2.45) is 4.99 Å². The molecular formula is C21H34N4O3. The van der Waals surface area contributed by atoms with Crippen molar-refractivity contribution in [2.45, 2.75) is 45.2 Å². The smallest absolute Gasteiger partial charge is 0.243 e. The van der Waals surface area contributed by atoms with E-state index in [2.05, 4.69) is 22.1 Å². The molecule has 0 aliphatic heterocycles. The van der Waals surface area contributed by atoms with Crippen LogP contribution in [0, 0.1) is 6.92 Å². The number of rotatable bonds is 7. The van der Waals surface area contributed by atoms with Gasteiger partial charge in [-0.15, -0.1) is 0 Å². The Morgan fingerprint density at radius 1 is 1.14 bits per heavy atom. The van der Waals surface area contributed by atoms with E-state index in [9.17, 15) is 4.79 Å². The third-order valence-corrected chi connectivity index (χ3v) is 5.16. The summed E-state index contributed by atoms with van der Waals surface area (Å²) in [6.07, 6.45) is 4.76. The van der Waals surface area contributed by atoms with Gasteiger partial charge in [-0.05, 0) is 43.0 Å². The molecule has 0 bridgehead atoms. The van der Waals surface area contributed by atoms with Gasteiger partial charge in [0.25, 0.3) is 0 Å². The van der Waals surface area contributed by atoms with E-state index in [4.69, 9.17) is 9.47 Å². The van der Waals surface area contributed by atoms with Crippen LogP contribution in [-0.2, 0) is 11.3 Å². The molecule has 2 rings (SSSR count). The second kappa shape index (κ2) is 10.2. The fraction of sp³-hybridized carbons (Fsp3) is 0.619. The Bertz CT molecular complexity index is 697. The van der Waals surface area contributed by atoms with Gasteiger partial charge in [0.05, 0.1) is 14.2 Å². The fourth-order valence-corrected chi connectivity index (χ4v) is 3.34. The number of hydrogen-bond donors (Lipinski definition) is 1. The first-order chi connectivity index (χ1) is 13.3. The average molecular weight is 391 g/mol. The molecule has 1 N–H and O–H groups in total. The van der Waals surface area contributed by atoms with Gasteiger partial charge >= 0.3 is 0 Å². The standard InChI is InChI=1S/C21H34N4O3/c1-15-11-18(27-5)19(28-6)12-16(15)14-25(4)21(22-13-20(26)24(2)3)23-17-9-7-8-10-17/h11-12,17H,7-10,13-14H2,1-6H3,(H,22,23). The molecule has 28 heavy (non-hydrogen) atoms. The number of benzene rings is 1. The van der Waals surface area contributed by atoms with Gasteiger partial charge in [-0.25, -0.2) is 4.99 Å². The molecule has 1 saturated carbocycles. The van der Waals surface area contributed by atoms with E-state index in [1.54, 1.807) is 33.2 Å². The number of carbonyl (C=O) groups excluding carboxylic acids is 1. The number of guanidine groups is 1. The molecule has 1 aromatic carbocycles. The van der Waals surface area contributed by atoms with Crippen LogP contribution >= 0.6 is 0 Å². The first-order valence-electron chi connectivity index (χ1n) is 9.79. The Kier molecular flexibility index (Phi) is 7.96. The van der Waals surface area contributed by atoms with Crippen molar-refractivity contribution < 1.29 is 14.3 Å². The monoisotopic (exact) mass is 390 g/mol. The van der Waals surface area contributed by atoms with Gasteiger partial charge in [-0.3, -0.25) is 4.79 Å². The maximum absolute atomic E-state index is 12.0. The number of nitrogens with one attached hydrogen (secondary N) is 1. The summed E-state index contributed by atoms with van der Waals surface area (Å²) in [5.41, 5.74) is 2.24. The number of aliphatic imine (C=N–C) groups is 1. The Balaban J connectivity index is 2.19. The minimum Gasteiger partial charge on any atom is -0.493 e. The van der Waals surface area contributed by atoms with E-state index in [1.807, 2.05) is 19.2 Å². The van der Waals surface area contributed by atoms with Gasteiger partial charge in [-0.2, -0.15) is 0 Å². The molecule has 0 radical (unpaired) electrons. The maximum atomic E-state index is 12.0. The summed E-state index contributed by atoms with van der Waals surface area (Å²) in [7, 11) is 8.78. The molecular weight excluding hydrogens is 356 g/mol. The molecule has 1 fully saturated rings. The normalized spacial score (nSPS) is 14.7. The van der Waals surface area contributed by atoms with Crippen molar-refractivity contribution in [1.29, 1.82) is 0 Å². The van der Waals surface area contributed by atoms with Crippen molar-refractivity contribution in [1.82, 2.24) is 15.1 Å². The van der Waals surface area contributed by atoms with Gasteiger partial charge in [0.2, 0.25) is 5.91 Å². The summed E-state index contributed by atoms with van der Waals surface area (Å²) in [6.45, 7) is 2.85. The third kappa shape index (κ3) is 5.78. The Morgan fingerprint density at radius 2 is 1.75 bits per heavy atom. The summed E-state index contributed by atoms with van der Waals surface area (Å²) >= 11 is 0. The Morgan fingerprint density at radius 3 is 2.32 bits per heavy atom. The molecule has 1 aromatic rings. The molecule has 7 heteroatoms. The van der Waals surface area contributed by atoms with Crippen LogP contribution in [0.1, 0.15) is 36.8 Å². The minimum atomic E-state index is -0.0126. The summed E-state index contributed by atoms with van der Waals surface area (Å²) in [4.78, 5) is 20.2. The van der Waals surface area contributed by atoms with Gasteiger partial charge in [0.1, 0.15) is 6.54 Å². The molecule has 1 aliphatic carbocycles. The number of amides is 1. The minimum absolute atomic E-state index is 0.0126. The van der Waals surface area contributed by atoms with Gasteiger partial charge in [0, 0.05) is 33.7 Å². The number of likely N-dealkylation sites (N-methyl/N-ethyl adjacent to an activating group) is 1. The highest BCUT2D eigenvalue weighted by Crippen LogP contribution is 2.30. The summed E-state index contributed by atoms with van der Waals surface area (Å²) in [5.74, 6) is 2.18. The van der Waals surface area contributed by atoms with Crippen LogP contribution in [0.2, 0.25) is 0 Å². The predicted octanol–water partition coefficient (Wildman–Crippen LogP) is 2.42. The van der Waals surface area contributed by atoms with Crippen LogP contribution < -0.4 is 14.8 Å². The topological polar surface area (TPSA) is 66.4 Å². The lowest BCUT2D eigenvalue weighted by molar-refractivity contribution is -0.127. The highest BCUT2D eigenvalue weighted by Gasteiger charge is 2.19. The lowest BCUT2D eigenvalue weighted by atomic mass is 10.1. The Labute approximate surface area is 168 Å². The van der Waals surface area contributed by atoms with E-state index in [0.29, 0.717) is 18.3 Å². The number of hydrogen-bond acceptors (Lipinski definition) is 4. The molecule has 1 aliphatic rings. The van der Waals surface area contributed by atoms with Crippen molar-refractivity contribution in [2.75, 3.05) is 41.9 Å². The van der Waals surface area contributed by atoms with Crippen molar-refractivity contribution in [3.05, 3.63) is 23.3 Å². The van der Waals surface area contributed by atoms with Crippen LogP contribution in [0.15, 0.2) is 17.1 Å². The molecule has 7 nitrogen and oxygen atoms in total. The lowest BCUT2D eigenvalue weighted by Crippen LogP contribution is -2.43. The zero-order valence-corrected chi connectivity index (χ0v) is 18.0. The molecule has 0 heterocycles. The SMILES string of the molecule is COc1cc(C)c(CN(C)C(=NCC(=O)N(C)C)NC2CCCC2)cc1OC. The van der Waals surface area contributed by atoms with Crippen LogP contribution in [0.4, 0.5) is 0 Å². The second-order valence-electron chi connectivity index (χ2n) is 7.54. The zero-order valence-electron chi connectivity index (χ0n) is 18.0. The van der Waals surface area contributed by atoms with Crippen LogP contribution in [0.3, 0.4) is 0 Å². The number of methoxy groups -OCH3 is 2. The van der Waals surface area contributed by atoms with Crippen molar-refractivity contribution >= 4 is 11.9 Å². The van der Waals surface area contributed by atoms with Crippen LogP contribution in [0.25, 0.3) is 0 Å². The quantitative estimate of drug-likeness (QED) is 0.572. The molecule has 0 unspecified atom stereocenters. The molecule has 1 amide bonds. The van der Waals surface area contributed by atoms with Gasteiger partial charge < -0.3 is 24.6 Å². The Hall–Kier alpha value is -2.44. The molecule has 0 spiro atoms. The summed E-state index contributed by atoms with van der Waals surface area (Å²) in [6, 6.07) is 4.41. The van der Waals surface area contributed by atoms with Gasteiger partial charge in [0.15, 0.2) is 17.5 Å². The molecule has 0 saturated heterocycles. The number of nitrogens with zero attached hydrogens (tertiary/aromatic N) is 3. The largest absolute Gasteiger partial charge is 0.493 e. The predicted molar refractivity (Wildman–Crippen MR) is 112 cm³/mol. The molecule has 156 valence electrons. The number of ether oxygens (including phenoxy) is 2. The average Bonchev–Trinajstić information content (AvgIpc) is 3.18. The van der Waals surface area contributed by atoms with E-state index in [1.165, 1.54) is 12.8 Å². The van der Waals surface area contributed by atoms with Crippen LogP contribution in [-0.4, -0.2) is 69.6 Å². The summed E-state index contributed by atoms with van der Waals surface area (Å²) in [5, 5.41) is 3.55. The van der Waals surface area contributed by atoms with E-state index >= 15 is 0 Å². The maximum Gasteiger partial charge on any atom is 0.243 e. The fourth-order valence-electron chi connectivity index (χ4n) is 3.34. The molecule has 0 atom stereocenters. The highest BCUT2D eigenvalue weighted by atomic mass is 16.5. The number of aryl methyl sites for hydroxylation is 1. The number of carbonyl (C=O) groups is 1. The van der Waals surface area contributed by atoms with Crippen molar-refractivity contribution in [3.8, 4) is 11.5 Å². The first-order valence-corrected chi connectivity index (χ1v) is 9.79. The van der Waals surface area contributed by atoms with Crippen LogP contribution in [0.5, 0.6) is 11.5 Å². The van der Waals surface area contributed by atoms with Crippen molar-refractivity contribution in [3.63, 3.8) is 0 Å². The van der Waals surface area contributed by atoms with E-state index in [-0.39, 0.29) is 12.5 Å². The summed E-state index contributed by atoms with van der Waals surface area (Å²) < 4.78 is 10.8. The van der Waals surface area contributed by atoms with Gasteiger partial charge in [-0.1, -0.05) is 12.8 Å².